The molecule has 0 bridgehead atoms. The first-order valence-electron chi connectivity index (χ1n) is 5.22. The number of ether oxygens (including phenoxy) is 1. The molecule has 0 saturated heterocycles. The maximum absolute atomic E-state index is 12.2. The van der Waals surface area contributed by atoms with E-state index in [9.17, 15) is 18.0 Å². The molecule has 0 aliphatic rings. The second-order valence-corrected chi connectivity index (χ2v) is 4.63. The van der Waals surface area contributed by atoms with E-state index < -0.39 is 18.0 Å². The summed E-state index contributed by atoms with van der Waals surface area (Å²) in [4.78, 5) is 15.7. The Morgan fingerprint density at radius 1 is 1.35 bits per heavy atom. The summed E-state index contributed by atoms with van der Waals surface area (Å²) in [7, 11) is 0. The lowest BCUT2D eigenvalue weighted by Crippen LogP contribution is -2.20. The predicted molar refractivity (Wildman–Crippen MR) is 67.6 cm³/mol. The lowest BCUT2D eigenvalue weighted by Gasteiger charge is -2.12. The van der Waals surface area contributed by atoms with Gasteiger partial charge in [0, 0.05) is 0 Å². The van der Waals surface area contributed by atoms with Gasteiger partial charge in [0.25, 0.3) is 5.91 Å². The fourth-order valence-electron chi connectivity index (χ4n) is 1.38. The quantitative estimate of drug-likeness (QED) is 0.914. The number of alkyl halides is 3. The molecule has 1 aromatic heterocycles. The third-order valence-corrected chi connectivity index (χ3v) is 2.84. The van der Waals surface area contributed by atoms with Gasteiger partial charge < -0.3 is 10.5 Å². The zero-order valence-corrected chi connectivity index (χ0v) is 10.6. The van der Waals surface area contributed by atoms with Crippen LogP contribution in [0.15, 0.2) is 30.5 Å². The highest BCUT2D eigenvalue weighted by Crippen LogP contribution is 2.27. The fourth-order valence-corrected chi connectivity index (χ4v) is 1.95. The Labute approximate surface area is 115 Å². The molecule has 1 aromatic carbocycles. The minimum absolute atomic E-state index is 0.189. The van der Waals surface area contributed by atoms with Crippen LogP contribution in [0.1, 0.15) is 10.4 Å². The number of halogens is 3. The van der Waals surface area contributed by atoms with E-state index in [4.69, 9.17) is 5.73 Å². The van der Waals surface area contributed by atoms with E-state index in [0.717, 1.165) is 17.4 Å². The second-order valence-electron chi connectivity index (χ2n) is 3.57. The highest BCUT2D eigenvalue weighted by atomic mass is 32.1. The molecule has 0 fully saturated rings. The minimum Gasteiger partial charge on any atom is -0.405 e. The summed E-state index contributed by atoms with van der Waals surface area (Å²) in [6.45, 7) is 0. The molecule has 2 rings (SSSR count). The zero-order chi connectivity index (χ0) is 14.8. The van der Waals surface area contributed by atoms with Crippen LogP contribution in [0, 0.1) is 0 Å². The summed E-state index contributed by atoms with van der Waals surface area (Å²) >= 11 is 1.00. The zero-order valence-electron chi connectivity index (χ0n) is 9.77. The number of hydrogen-bond donors (Lipinski definition) is 2. The molecule has 20 heavy (non-hydrogen) atoms. The maximum Gasteiger partial charge on any atom is 0.573 e. The smallest absolute Gasteiger partial charge is 0.405 e. The number of nitrogens with one attached hydrogen (secondary N) is 1. The molecule has 2 aromatic rings. The van der Waals surface area contributed by atoms with Crippen molar-refractivity contribution in [2.45, 2.75) is 6.36 Å². The van der Waals surface area contributed by atoms with E-state index in [1.54, 1.807) is 0 Å². The molecule has 106 valence electrons. The summed E-state index contributed by atoms with van der Waals surface area (Å²) in [6, 6.07) is 5.03. The summed E-state index contributed by atoms with van der Waals surface area (Å²) in [5, 5.41) is 2.91. The molecular weight excluding hydrogens is 295 g/mol. The number of benzene rings is 1. The van der Waals surface area contributed by atoms with E-state index in [0.29, 0.717) is 5.00 Å². The van der Waals surface area contributed by atoms with Gasteiger partial charge in [-0.1, -0.05) is 23.5 Å². The highest BCUT2D eigenvalue weighted by Gasteiger charge is 2.32. The highest BCUT2D eigenvalue weighted by molar-refractivity contribution is 7.19. The number of carbonyl (C=O) groups excluding carboxylic acids is 1. The van der Waals surface area contributed by atoms with Gasteiger partial charge in [0.1, 0.15) is 10.8 Å². The van der Waals surface area contributed by atoms with Crippen molar-refractivity contribution in [1.29, 1.82) is 0 Å². The molecule has 0 saturated carbocycles. The Morgan fingerprint density at radius 3 is 2.65 bits per heavy atom. The SMILES string of the molecule is Nc1cnc(NC(=O)c2ccccc2OC(F)(F)F)s1. The van der Waals surface area contributed by atoms with Gasteiger partial charge in [-0.3, -0.25) is 10.1 Å². The van der Waals surface area contributed by atoms with Gasteiger partial charge in [0.05, 0.1) is 11.8 Å². The van der Waals surface area contributed by atoms with E-state index in [-0.39, 0.29) is 10.7 Å². The summed E-state index contributed by atoms with van der Waals surface area (Å²) in [5.74, 6) is -1.35. The van der Waals surface area contributed by atoms with Crippen LogP contribution in [0.5, 0.6) is 5.75 Å². The van der Waals surface area contributed by atoms with Crippen LogP contribution < -0.4 is 15.8 Å². The average Bonchev–Trinajstić information content (AvgIpc) is 2.73. The number of amides is 1. The number of nitrogens with zero attached hydrogens (tertiary/aromatic N) is 1. The Balaban J connectivity index is 2.21. The van der Waals surface area contributed by atoms with E-state index >= 15 is 0 Å². The first-order chi connectivity index (χ1) is 9.35. The minimum atomic E-state index is -4.87. The van der Waals surface area contributed by atoms with Crippen LogP contribution >= 0.6 is 11.3 Å². The van der Waals surface area contributed by atoms with Crippen LogP contribution in [0.3, 0.4) is 0 Å². The Hall–Kier alpha value is -2.29. The Kier molecular flexibility index (Phi) is 3.79. The lowest BCUT2D eigenvalue weighted by molar-refractivity contribution is -0.274. The fraction of sp³-hybridized carbons (Fsp3) is 0.0909. The topological polar surface area (TPSA) is 77.2 Å². The number of hydrogen-bond acceptors (Lipinski definition) is 5. The normalized spacial score (nSPS) is 11.2. The van der Waals surface area contributed by atoms with Crippen molar-refractivity contribution in [1.82, 2.24) is 4.98 Å². The number of rotatable bonds is 3. The van der Waals surface area contributed by atoms with Gasteiger partial charge in [-0.25, -0.2) is 4.98 Å². The number of anilines is 2. The third kappa shape index (κ3) is 3.60. The molecule has 0 aliphatic carbocycles. The molecule has 0 atom stereocenters. The van der Waals surface area contributed by atoms with Crippen LogP contribution in [0.2, 0.25) is 0 Å². The molecule has 9 heteroatoms. The lowest BCUT2D eigenvalue weighted by atomic mass is 10.2. The summed E-state index contributed by atoms with van der Waals surface area (Å²) < 4.78 is 40.5. The largest absolute Gasteiger partial charge is 0.573 e. The molecular formula is C11H8F3N3O2S. The van der Waals surface area contributed by atoms with Crippen molar-refractivity contribution >= 4 is 27.4 Å². The summed E-state index contributed by atoms with van der Waals surface area (Å²) in [5.41, 5.74) is 5.19. The van der Waals surface area contributed by atoms with Crippen LogP contribution in [0.25, 0.3) is 0 Å². The second kappa shape index (κ2) is 5.37. The molecule has 3 N–H and O–H groups in total. The number of nitrogen functional groups attached to an aromatic ring is 1. The Bertz CT molecular complexity index is 627. The molecule has 1 heterocycles. The molecule has 0 aliphatic heterocycles. The van der Waals surface area contributed by atoms with E-state index in [1.165, 1.54) is 24.4 Å². The van der Waals surface area contributed by atoms with Crippen molar-refractivity contribution in [3.05, 3.63) is 36.0 Å². The van der Waals surface area contributed by atoms with Crippen LogP contribution in [-0.4, -0.2) is 17.3 Å². The Morgan fingerprint density at radius 2 is 2.05 bits per heavy atom. The van der Waals surface area contributed by atoms with Gasteiger partial charge in [0.2, 0.25) is 0 Å². The van der Waals surface area contributed by atoms with Crippen LogP contribution in [0.4, 0.5) is 23.3 Å². The molecule has 0 radical (unpaired) electrons. The summed E-state index contributed by atoms with van der Waals surface area (Å²) in [6.07, 6.45) is -3.54. The van der Waals surface area contributed by atoms with Crippen molar-refractivity contribution < 1.29 is 22.7 Å². The monoisotopic (exact) mass is 303 g/mol. The molecule has 1 amide bonds. The van der Waals surface area contributed by atoms with Crippen LogP contribution in [-0.2, 0) is 0 Å². The van der Waals surface area contributed by atoms with Gasteiger partial charge in [-0.05, 0) is 12.1 Å². The standard InChI is InChI=1S/C11H8F3N3O2S/c12-11(13,14)19-7-4-2-1-3-6(7)9(18)17-10-16-5-8(15)20-10/h1-5H,15H2,(H,16,17,18). The molecule has 5 nitrogen and oxygen atoms in total. The van der Waals surface area contributed by atoms with Crippen molar-refractivity contribution in [3.8, 4) is 5.75 Å². The van der Waals surface area contributed by atoms with Gasteiger partial charge in [-0.2, -0.15) is 0 Å². The third-order valence-electron chi connectivity index (χ3n) is 2.10. The van der Waals surface area contributed by atoms with Gasteiger partial charge in [0.15, 0.2) is 5.13 Å². The maximum atomic E-state index is 12.2. The first-order valence-corrected chi connectivity index (χ1v) is 6.04. The van der Waals surface area contributed by atoms with Crippen molar-refractivity contribution in [2.75, 3.05) is 11.1 Å². The number of aromatic nitrogens is 1. The van der Waals surface area contributed by atoms with Crippen molar-refractivity contribution in [2.24, 2.45) is 0 Å². The van der Waals surface area contributed by atoms with E-state index in [2.05, 4.69) is 15.0 Å². The van der Waals surface area contributed by atoms with E-state index in [1.807, 2.05) is 0 Å². The number of nitrogens with two attached hydrogens (primary N) is 1. The van der Waals surface area contributed by atoms with Gasteiger partial charge >= 0.3 is 6.36 Å². The van der Waals surface area contributed by atoms with Gasteiger partial charge in [-0.15, -0.1) is 13.2 Å². The molecule has 0 spiro atoms. The number of thiazole rings is 1. The predicted octanol–water partition coefficient (Wildman–Crippen LogP) is 2.88. The first kappa shape index (κ1) is 14.1. The number of carbonyl (C=O) groups is 1. The van der Waals surface area contributed by atoms with Crippen molar-refractivity contribution in [3.63, 3.8) is 0 Å². The number of para-hydroxylation sites is 1. The molecule has 0 unspecified atom stereocenters. The average molecular weight is 303 g/mol.